The molecule has 116 valence electrons. The SMILES string of the molecule is CC(C)CC(CNC(=O)c1cc(Br)ccc1I)CC(=O)O. The molecule has 0 spiro atoms. The van der Waals surface area contributed by atoms with Crippen LogP contribution >= 0.6 is 38.5 Å². The van der Waals surface area contributed by atoms with E-state index >= 15 is 0 Å². The Hall–Kier alpha value is -0.630. The largest absolute Gasteiger partial charge is 0.481 e. The van der Waals surface area contributed by atoms with Crippen molar-refractivity contribution < 1.29 is 14.7 Å². The number of benzene rings is 1. The van der Waals surface area contributed by atoms with Gasteiger partial charge in [-0.05, 0) is 59.0 Å². The molecule has 21 heavy (non-hydrogen) atoms. The molecule has 0 heterocycles. The number of carbonyl (C=O) groups is 2. The minimum absolute atomic E-state index is 0.0451. The molecule has 0 radical (unpaired) electrons. The molecule has 6 heteroatoms. The number of carbonyl (C=O) groups excluding carboxylic acids is 1. The van der Waals surface area contributed by atoms with E-state index in [0.29, 0.717) is 18.0 Å². The molecule has 2 N–H and O–H groups in total. The lowest BCUT2D eigenvalue weighted by Crippen LogP contribution is -2.31. The van der Waals surface area contributed by atoms with Gasteiger partial charge in [-0.25, -0.2) is 0 Å². The maximum absolute atomic E-state index is 12.2. The lowest BCUT2D eigenvalue weighted by Gasteiger charge is -2.18. The van der Waals surface area contributed by atoms with Crippen molar-refractivity contribution in [3.05, 3.63) is 31.8 Å². The predicted molar refractivity (Wildman–Crippen MR) is 94.4 cm³/mol. The molecule has 0 saturated heterocycles. The molecule has 0 saturated carbocycles. The van der Waals surface area contributed by atoms with Gasteiger partial charge in [-0.3, -0.25) is 9.59 Å². The molecular formula is C15H19BrINO3. The average Bonchev–Trinajstić information content (AvgIpc) is 2.37. The maximum atomic E-state index is 12.2. The third-order valence-corrected chi connectivity index (χ3v) is 4.43. The first-order valence-corrected chi connectivity index (χ1v) is 8.61. The smallest absolute Gasteiger partial charge is 0.303 e. The van der Waals surface area contributed by atoms with E-state index in [2.05, 4.69) is 43.8 Å². The maximum Gasteiger partial charge on any atom is 0.303 e. The second-order valence-electron chi connectivity index (χ2n) is 5.43. The quantitative estimate of drug-likeness (QED) is 0.597. The summed E-state index contributed by atoms with van der Waals surface area (Å²) in [6.45, 7) is 4.48. The van der Waals surface area contributed by atoms with E-state index < -0.39 is 5.97 Å². The Bertz CT molecular complexity index is 520. The Morgan fingerprint density at radius 1 is 1.38 bits per heavy atom. The zero-order valence-electron chi connectivity index (χ0n) is 12.0. The Labute approximate surface area is 147 Å². The van der Waals surface area contributed by atoms with Crippen LogP contribution in [0.15, 0.2) is 22.7 Å². The monoisotopic (exact) mass is 467 g/mol. The molecule has 1 rings (SSSR count). The summed E-state index contributed by atoms with van der Waals surface area (Å²) in [5.41, 5.74) is 0.601. The van der Waals surface area contributed by atoms with E-state index in [1.54, 1.807) is 6.07 Å². The molecule has 0 bridgehead atoms. The van der Waals surface area contributed by atoms with Crippen LogP contribution in [0, 0.1) is 15.4 Å². The minimum Gasteiger partial charge on any atom is -0.481 e. The normalized spacial score (nSPS) is 12.2. The van der Waals surface area contributed by atoms with Crippen molar-refractivity contribution in [1.29, 1.82) is 0 Å². The van der Waals surface area contributed by atoms with Crippen molar-refractivity contribution in [2.24, 2.45) is 11.8 Å². The number of carboxylic acid groups (broad SMARTS) is 1. The molecular weight excluding hydrogens is 449 g/mol. The van der Waals surface area contributed by atoms with Crippen LogP contribution in [0.1, 0.15) is 37.0 Å². The summed E-state index contributed by atoms with van der Waals surface area (Å²) >= 11 is 5.46. The summed E-state index contributed by atoms with van der Waals surface area (Å²) in [6, 6.07) is 5.51. The van der Waals surface area contributed by atoms with Crippen LogP contribution in [0.25, 0.3) is 0 Å². The van der Waals surface area contributed by atoms with Gasteiger partial charge in [0.05, 0.1) is 5.56 Å². The van der Waals surface area contributed by atoms with Gasteiger partial charge in [0.15, 0.2) is 0 Å². The van der Waals surface area contributed by atoms with E-state index in [1.807, 2.05) is 26.0 Å². The van der Waals surface area contributed by atoms with Gasteiger partial charge in [0.2, 0.25) is 0 Å². The van der Waals surface area contributed by atoms with E-state index in [4.69, 9.17) is 5.11 Å². The molecule has 0 fully saturated rings. The van der Waals surface area contributed by atoms with E-state index in [-0.39, 0.29) is 18.2 Å². The molecule has 0 aliphatic rings. The zero-order chi connectivity index (χ0) is 16.0. The van der Waals surface area contributed by atoms with Crippen LogP contribution in [0.3, 0.4) is 0 Å². The third kappa shape index (κ3) is 6.78. The molecule has 0 aliphatic heterocycles. The van der Waals surface area contributed by atoms with Gasteiger partial charge in [0, 0.05) is 21.0 Å². The lowest BCUT2D eigenvalue weighted by atomic mass is 9.94. The van der Waals surface area contributed by atoms with Gasteiger partial charge < -0.3 is 10.4 Å². The van der Waals surface area contributed by atoms with Crippen molar-refractivity contribution in [3.8, 4) is 0 Å². The first-order chi connectivity index (χ1) is 9.79. The Kier molecular flexibility index (Phi) is 7.65. The van der Waals surface area contributed by atoms with Crippen molar-refractivity contribution in [2.45, 2.75) is 26.7 Å². The number of amides is 1. The topological polar surface area (TPSA) is 66.4 Å². The molecule has 1 aromatic rings. The fraction of sp³-hybridized carbons (Fsp3) is 0.467. The molecule has 0 aliphatic carbocycles. The number of hydrogen-bond acceptors (Lipinski definition) is 2. The summed E-state index contributed by atoms with van der Waals surface area (Å²) in [5, 5.41) is 11.8. The van der Waals surface area contributed by atoms with E-state index in [1.165, 1.54) is 0 Å². The summed E-state index contributed by atoms with van der Waals surface area (Å²) in [7, 11) is 0. The van der Waals surface area contributed by atoms with E-state index in [0.717, 1.165) is 14.5 Å². The summed E-state index contributed by atoms with van der Waals surface area (Å²) in [4.78, 5) is 23.1. The van der Waals surface area contributed by atoms with Crippen LogP contribution in [0.4, 0.5) is 0 Å². The van der Waals surface area contributed by atoms with Crippen molar-refractivity contribution in [3.63, 3.8) is 0 Å². The number of carboxylic acids is 1. The minimum atomic E-state index is -0.827. The number of halogens is 2. The lowest BCUT2D eigenvalue weighted by molar-refractivity contribution is -0.138. The summed E-state index contributed by atoms with van der Waals surface area (Å²) in [5.74, 6) is -0.639. The fourth-order valence-corrected chi connectivity index (χ4v) is 3.10. The van der Waals surface area contributed by atoms with Crippen LogP contribution < -0.4 is 5.32 Å². The first-order valence-electron chi connectivity index (χ1n) is 6.74. The Morgan fingerprint density at radius 2 is 2.05 bits per heavy atom. The van der Waals surface area contributed by atoms with Crippen LogP contribution in [-0.2, 0) is 4.79 Å². The molecule has 1 unspecified atom stereocenters. The van der Waals surface area contributed by atoms with Crippen LogP contribution in [-0.4, -0.2) is 23.5 Å². The third-order valence-electron chi connectivity index (χ3n) is 2.99. The average molecular weight is 468 g/mol. The molecule has 1 amide bonds. The standard InChI is InChI=1S/C15H19BrINO3/c1-9(2)5-10(6-14(19)20)8-18-15(21)12-7-11(16)3-4-13(12)17/h3-4,7,9-10H,5-6,8H2,1-2H3,(H,18,21)(H,19,20). The number of rotatable bonds is 7. The number of hydrogen-bond donors (Lipinski definition) is 2. The molecule has 0 aromatic heterocycles. The van der Waals surface area contributed by atoms with Crippen LogP contribution in [0.2, 0.25) is 0 Å². The van der Waals surface area contributed by atoms with Crippen molar-refractivity contribution in [2.75, 3.05) is 6.54 Å². The Balaban J connectivity index is 2.68. The summed E-state index contributed by atoms with van der Waals surface area (Å²) in [6.07, 6.45) is 0.857. The molecule has 1 aromatic carbocycles. The second kappa shape index (κ2) is 8.73. The van der Waals surface area contributed by atoms with Gasteiger partial charge in [-0.2, -0.15) is 0 Å². The highest BCUT2D eigenvalue weighted by Gasteiger charge is 2.17. The molecule has 4 nitrogen and oxygen atoms in total. The van der Waals surface area contributed by atoms with Gasteiger partial charge in [0.25, 0.3) is 5.91 Å². The number of nitrogens with one attached hydrogen (secondary N) is 1. The highest BCUT2D eigenvalue weighted by atomic mass is 127. The first kappa shape index (κ1) is 18.4. The van der Waals surface area contributed by atoms with Gasteiger partial charge >= 0.3 is 5.97 Å². The van der Waals surface area contributed by atoms with E-state index in [9.17, 15) is 9.59 Å². The zero-order valence-corrected chi connectivity index (χ0v) is 15.8. The highest BCUT2D eigenvalue weighted by molar-refractivity contribution is 14.1. The highest BCUT2D eigenvalue weighted by Crippen LogP contribution is 2.19. The van der Waals surface area contributed by atoms with Crippen molar-refractivity contribution >= 4 is 50.4 Å². The second-order valence-corrected chi connectivity index (χ2v) is 7.51. The predicted octanol–water partition coefficient (Wildman–Crippen LogP) is 3.92. The van der Waals surface area contributed by atoms with Crippen LogP contribution in [0.5, 0.6) is 0 Å². The van der Waals surface area contributed by atoms with Gasteiger partial charge in [-0.15, -0.1) is 0 Å². The summed E-state index contributed by atoms with van der Waals surface area (Å²) < 4.78 is 1.71. The number of aliphatic carboxylic acids is 1. The van der Waals surface area contributed by atoms with Crippen molar-refractivity contribution in [1.82, 2.24) is 5.32 Å². The van der Waals surface area contributed by atoms with Gasteiger partial charge in [-0.1, -0.05) is 29.8 Å². The Morgan fingerprint density at radius 3 is 2.62 bits per heavy atom. The fourth-order valence-electron chi connectivity index (χ4n) is 2.16. The van der Waals surface area contributed by atoms with Gasteiger partial charge in [0.1, 0.15) is 0 Å². The molecule has 1 atom stereocenters.